The third-order valence-corrected chi connectivity index (χ3v) is 13.6. The summed E-state index contributed by atoms with van der Waals surface area (Å²) in [6, 6.07) is 8.67. The highest BCUT2D eigenvalue weighted by atomic mass is 19.4. The molecule has 1 amide bonds. The van der Waals surface area contributed by atoms with E-state index in [1.54, 1.807) is 4.90 Å². The number of hydrogen-bond acceptors (Lipinski definition) is 5. The van der Waals surface area contributed by atoms with E-state index >= 15 is 0 Å². The number of ketones is 1. The Kier molecular flexibility index (Phi) is 6.89. The molecule has 7 aliphatic rings. The second-order valence-corrected chi connectivity index (χ2v) is 15.6. The molecule has 2 aromatic rings. The molecule has 260 valence electrons. The van der Waals surface area contributed by atoms with E-state index < -0.39 is 52.0 Å². The first-order chi connectivity index (χ1) is 23.0. The summed E-state index contributed by atoms with van der Waals surface area (Å²) in [5, 5.41) is 10.9. The molecule has 2 bridgehead atoms. The van der Waals surface area contributed by atoms with Gasteiger partial charge in [-0.2, -0.15) is 0 Å². The second-order valence-electron chi connectivity index (χ2n) is 15.6. The zero-order valence-electron chi connectivity index (χ0n) is 27.3. The Morgan fingerprint density at radius 2 is 1.65 bits per heavy atom. The Morgan fingerprint density at radius 1 is 0.959 bits per heavy atom. The topological polar surface area (TPSA) is 76.1 Å². The van der Waals surface area contributed by atoms with Crippen LogP contribution in [0.1, 0.15) is 74.7 Å². The largest absolute Gasteiger partial charge is 0.573 e. The van der Waals surface area contributed by atoms with Gasteiger partial charge in [0.25, 0.3) is 0 Å². The molecule has 9 rings (SSSR count). The van der Waals surface area contributed by atoms with Crippen molar-refractivity contribution in [2.75, 3.05) is 6.54 Å². The molecule has 0 aromatic heterocycles. The van der Waals surface area contributed by atoms with Crippen LogP contribution in [0.5, 0.6) is 5.75 Å². The van der Waals surface area contributed by atoms with E-state index in [1.165, 1.54) is 30.3 Å². The molecule has 3 spiro atoms. The molecule has 11 heteroatoms. The van der Waals surface area contributed by atoms with Crippen LogP contribution in [-0.4, -0.2) is 46.5 Å². The molecule has 49 heavy (non-hydrogen) atoms. The lowest BCUT2D eigenvalue weighted by Crippen LogP contribution is -2.67. The molecule has 1 N–H and O–H groups in total. The Balaban J connectivity index is 1.16. The Morgan fingerprint density at radius 3 is 2.37 bits per heavy atom. The summed E-state index contributed by atoms with van der Waals surface area (Å²) in [5.41, 5.74) is -1.76. The van der Waals surface area contributed by atoms with Crippen molar-refractivity contribution in [3.05, 3.63) is 89.0 Å². The van der Waals surface area contributed by atoms with E-state index in [9.17, 15) is 36.6 Å². The minimum absolute atomic E-state index is 0.0330. The summed E-state index contributed by atoms with van der Waals surface area (Å²) in [7, 11) is 0. The number of rotatable bonds is 5. The lowest BCUT2D eigenvalue weighted by Gasteiger charge is -2.71. The molecule has 2 aromatic carbocycles. The number of Topliss-reactive ketones (excluding diaryl/α,β-unsaturated/α-hetero) is 1. The number of nitrogens with zero attached hydrogens (tertiary/aromatic N) is 1. The highest BCUT2D eigenvalue weighted by Crippen LogP contribution is 2.79. The number of fused-ring (bicyclic) bond motifs is 2. The highest BCUT2D eigenvalue weighted by Gasteiger charge is 2.76. The average Bonchev–Trinajstić information content (AvgIpc) is 3.52. The van der Waals surface area contributed by atoms with Crippen molar-refractivity contribution in [3.8, 4) is 5.75 Å². The number of hydrogen-bond donors (Lipinski definition) is 1. The van der Waals surface area contributed by atoms with Gasteiger partial charge in [0.15, 0.2) is 17.4 Å². The van der Waals surface area contributed by atoms with Crippen LogP contribution in [0.25, 0.3) is 0 Å². The first kappa shape index (κ1) is 32.5. The third kappa shape index (κ3) is 4.45. The highest BCUT2D eigenvalue weighted by molar-refractivity contribution is 6.10. The van der Waals surface area contributed by atoms with E-state index in [0.29, 0.717) is 36.8 Å². The van der Waals surface area contributed by atoms with E-state index in [1.807, 2.05) is 6.08 Å². The molecule has 0 radical (unpaired) electrons. The summed E-state index contributed by atoms with van der Waals surface area (Å²) in [6.07, 6.45) is 5.16. The Labute approximate surface area is 280 Å². The zero-order chi connectivity index (χ0) is 34.8. The number of amides is 1. The molecule has 1 heterocycles. The van der Waals surface area contributed by atoms with Gasteiger partial charge in [-0.05, 0) is 98.1 Å². The summed E-state index contributed by atoms with van der Waals surface area (Å²) < 4.78 is 76.8. The van der Waals surface area contributed by atoms with Gasteiger partial charge in [0.1, 0.15) is 11.4 Å². The van der Waals surface area contributed by atoms with Crippen LogP contribution in [0.15, 0.2) is 66.3 Å². The molecular formula is C38H38F5NO5. The van der Waals surface area contributed by atoms with E-state index in [2.05, 4.69) is 30.7 Å². The number of aliphatic hydroxyl groups excluding tert-OH is 1. The number of halogens is 5. The van der Waals surface area contributed by atoms with E-state index in [-0.39, 0.29) is 47.4 Å². The van der Waals surface area contributed by atoms with Gasteiger partial charge in [0.2, 0.25) is 0 Å². The van der Waals surface area contributed by atoms with Gasteiger partial charge in [-0.25, -0.2) is 13.6 Å². The minimum Gasteiger partial charge on any atom is -0.440 e. The maximum Gasteiger partial charge on any atom is 0.573 e. The van der Waals surface area contributed by atoms with Gasteiger partial charge in [-0.3, -0.25) is 9.69 Å². The molecule has 8 atom stereocenters. The smallest absolute Gasteiger partial charge is 0.440 e. The number of alkyl halides is 3. The fraction of sp³-hybridized carbons (Fsp3) is 0.526. The van der Waals surface area contributed by atoms with Crippen LogP contribution in [0.3, 0.4) is 0 Å². The maximum absolute atomic E-state index is 14.6. The molecule has 6 aliphatic carbocycles. The summed E-state index contributed by atoms with van der Waals surface area (Å²) in [6.45, 7) is 4.84. The maximum atomic E-state index is 14.6. The predicted octanol–water partition coefficient (Wildman–Crippen LogP) is 8.30. The van der Waals surface area contributed by atoms with Gasteiger partial charge < -0.3 is 14.6 Å². The van der Waals surface area contributed by atoms with Crippen LogP contribution in [0.2, 0.25) is 0 Å². The van der Waals surface area contributed by atoms with Crippen molar-refractivity contribution in [2.24, 2.45) is 33.5 Å². The quantitative estimate of drug-likeness (QED) is 0.195. The van der Waals surface area contributed by atoms with Crippen molar-refractivity contribution in [2.45, 2.75) is 83.4 Å². The summed E-state index contributed by atoms with van der Waals surface area (Å²) in [5.74, 6) is -2.92. The predicted molar refractivity (Wildman–Crippen MR) is 167 cm³/mol. The molecular weight excluding hydrogens is 645 g/mol. The summed E-state index contributed by atoms with van der Waals surface area (Å²) >= 11 is 0. The van der Waals surface area contributed by atoms with Gasteiger partial charge in [0, 0.05) is 33.9 Å². The Hall–Kier alpha value is -3.73. The fourth-order valence-corrected chi connectivity index (χ4v) is 11.3. The zero-order valence-corrected chi connectivity index (χ0v) is 27.3. The second kappa shape index (κ2) is 10.4. The van der Waals surface area contributed by atoms with Crippen molar-refractivity contribution < 1.29 is 46.1 Å². The normalized spacial score (nSPS) is 38.9. The fourth-order valence-electron chi connectivity index (χ4n) is 11.3. The lowest BCUT2D eigenvalue weighted by molar-refractivity contribution is -0.274. The number of allylic oxidation sites excluding steroid dienone is 4. The first-order valence-electron chi connectivity index (χ1n) is 17.0. The van der Waals surface area contributed by atoms with Gasteiger partial charge in [0.05, 0.1) is 12.6 Å². The van der Waals surface area contributed by atoms with Crippen LogP contribution in [0.4, 0.5) is 26.7 Å². The standard InChI is InChI=1S/C38H38F5NO5/c1-33-12-9-24(45)18-35(33)15-16-37(26(19-35)31(46)23-5-8-27(39)28(40)17-23)29(33)10-13-34(2)30(37)11-14-36(34)21-44(32(47)49-36)20-22-3-6-25(7-4-22)48-38(41,42)43/h3-8,15-17,19,24,29-30,45H,9-14,18,20-21H2,1-2H3. The van der Waals surface area contributed by atoms with Crippen LogP contribution >= 0.6 is 0 Å². The average molecular weight is 684 g/mol. The Bertz CT molecular complexity index is 1810. The number of carbonyl (C=O) groups is 2. The number of aliphatic hydroxyl groups is 1. The van der Waals surface area contributed by atoms with Gasteiger partial charge in [-0.15, -0.1) is 13.2 Å². The van der Waals surface area contributed by atoms with E-state index in [0.717, 1.165) is 31.4 Å². The molecule has 8 unspecified atom stereocenters. The number of benzene rings is 2. The molecule has 3 saturated carbocycles. The molecule has 1 saturated heterocycles. The van der Waals surface area contributed by atoms with Crippen LogP contribution in [0, 0.1) is 45.1 Å². The minimum atomic E-state index is -4.81. The van der Waals surface area contributed by atoms with Crippen molar-refractivity contribution in [1.29, 1.82) is 0 Å². The molecule has 1 aliphatic heterocycles. The van der Waals surface area contributed by atoms with Gasteiger partial charge >= 0.3 is 12.5 Å². The molecule has 4 fully saturated rings. The van der Waals surface area contributed by atoms with Crippen molar-refractivity contribution in [3.63, 3.8) is 0 Å². The van der Waals surface area contributed by atoms with Gasteiger partial charge in [-0.1, -0.05) is 44.2 Å². The van der Waals surface area contributed by atoms with E-state index in [4.69, 9.17) is 4.74 Å². The third-order valence-electron chi connectivity index (χ3n) is 13.6. The first-order valence-corrected chi connectivity index (χ1v) is 17.0. The van der Waals surface area contributed by atoms with Crippen LogP contribution < -0.4 is 4.74 Å². The summed E-state index contributed by atoms with van der Waals surface area (Å²) in [4.78, 5) is 29.6. The number of carbonyl (C=O) groups excluding carboxylic acids is 2. The SMILES string of the molecule is CC12CCC(O)CC13C=CC1(C(C(=O)c4ccc(F)c(F)c4)=C3)C2CCC2(C)C1CCC21CN(Cc2ccc(OC(F)(F)F)cc2)C(=O)O1. The van der Waals surface area contributed by atoms with Crippen LogP contribution in [-0.2, 0) is 11.3 Å². The lowest BCUT2D eigenvalue weighted by atomic mass is 9.32. The monoisotopic (exact) mass is 683 g/mol. The van der Waals surface area contributed by atoms with Crippen molar-refractivity contribution in [1.82, 2.24) is 4.90 Å². The molecule has 6 nitrogen and oxygen atoms in total. The van der Waals surface area contributed by atoms with Crippen molar-refractivity contribution >= 4 is 11.9 Å². The number of ether oxygens (including phenoxy) is 2.